The van der Waals surface area contributed by atoms with Gasteiger partial charge in [-0.25, -0.2) is 8.42 Å². The maximum absolute atomic E-state index is 12.4. The minimum atomic E-state index is -4.51. The monoisotopic (exact) mass is 335 g/mol. The molecule has 0 atom stereocenters. The van der Waals surface area contributed by atoms with Gasteiger partial charge in [0, 0.05) is 10.7 Å². The van der Waals surface area contributed by atoms with Crippen molar-refractivity contribution in [2.75, 3.05) is 4.72 Å². The quantitative estimate of drug-likeness (QED) is 0.915. The van der Waals surface area contributed by atoms with E-state index in [0.29, 0.717) is 5.02 Å². The first kappa shape index (κ1) is 15.7. The van der Waals surface area contributed by atoms with Crippen molar-refractivity contribution in [2.24, 2.45) is 0 Å². The van der Waals surface area contributed by atoms with Crippen LogP contribution in [0.25, 0.3) is 0 Å². The molecule has 0 spiro atoms. The van der Waals surface area contributed by atoms with Crippen molar-refractivity contribution in [2.45, 2.75) is 11.1 Å². The predicted molar refractivity (Wildman–Crippen MR) is 73.7 cm³/mol. The van der Waals surface area contributed by atoms with E-state index in [1.165, 1.54) is 24.3 Å². The van der Waals surface area contributed by atoms with Crippen LogP contribution in [0.5, 0.6) is 0 Å². The molecule has 112 valence electrons. The van der Waals surface area contributed by atoms with Gasteiger partial charge in [0.05, 0.1) is 10.5 Å². The van der Waals surface area contributed by atoms with Crippen molar-refractivity contribution in [3.63, 3.8) is 0 Å². The molecule has 2 aromatic carbocycles. The molecule has 0 saturated heterocycles. The fourth-order valence-electron chi connectivity index (χ4n) is 1.56. The Hall–Kier alpha value is -1.73. The Morgan fingerprint density at radius 1 is 0.905 bits per heavy atom. The van der Waals surface area contributed by atoms with E-state index in [4.69, 9.17) is 11.6 Å². The second-order valence-electron chi connectivity index (χ2n) is 4.13. The summed E-state index contributed by atoms with van der Waals surface area (Å²) in [5, 5.41) is 0.437. The average molecular weight is 336 g/mol. The van der Waals surface area contributed by atoms with Gasteiger partial charge in [0.15, 0.2) is 0 Å². The summed E-state index contributed by atoms with van der Waals surface area (Å²) in [6, 6.07) is 9.13. The molecule has 0 aliphatic carbocycles. The summed E-state index contributed by atoms with van der Waals surface area (Å²) in [5.41, 5.74) is -0.646. The van der Waals surface area contributed by atoms with Crippen LogP contribution in [0.1, 0.15) is 5.56 Å². The maximum atomic E-state index is 12.4. The van der Waals surface area contributed by atoms with Gasteiger partial charge < -0.3 is 0 Å². The van der Waals surface area contributed by atoms with Crippen LogP contribution in [0.4, 0.5) is 18.9 Å². The number of alkyl halides is 3. The lowest BCUT2D eigenvalue weighted by atomic mass is 10.2. The molecule has 0 amide bonds. The number of benzene rings is 2. The fourth-order valence-corrected chi connectivity index (χ4v) is 2.74. The number of halogens is 4. The van der Waals surface area contributed by atoms with Crippen LogP contribution in [0.2, 0.25) is 5.02 Å². The Bertz CT molecular complexity index is 726. The summed E-state index contributed by atoms with van der Waals surface area (Å²) >= 11 is 5.68. The van der Waals surface area contributed by atoms with Crippen LogP contribution in [-0.2, 0) is 16.2 Å². The van der Waals surface area contributed by atoms with E-state index in [1.807, 2.05) is 0 Å². The number of nitrogens with one attached hydrogen (secondary N) is 1. The minimum Gasteiger partial charge on any atom is -0.280 e. The molecule has 2 aromatic rings. The average Bonchev–Trinajstić information content (AvgIpc) is 2.40. The van der Waals surface area contributed by atoms with Crippen molar-refractivity contribution in [1.82, 2.24) is 0 Å². The second kappa shape index (κ2) is 5.57. The second-order valence-corrected chi connectivity index (χ2v) is 6.25. The smallest absolute Gasteiger partial charge is 0.280 e. The number of rotatable bonds is 3. The first-order valence-corrected chi connectivity index (χ1v) is 7.50. The topological polar surface area (TPSA) is 46.2 Å². The Balaban J connectivity index is 2.25. The first-order chi connectivity index (χ1) is 9.68. The highest BCUT2D eigenvalue weighted by Crippen LogP contribution is 2.30. The molecular formula is C13H9ClF3NO2S. The molecule has 0 heterocycles. The zero-order chi connectivity index (χ0) is 15.7. The summed E-state index contributed by atoms with van der Waals surface area (Å²) in [6.07, 6.45) is -4.51. The van der Waals surface area contributed by atoms with Crippen LogP contribution in [0.3, 0.4) is 0 Å². The highest BCUT2D eigenvalue weighted by molar-refractivity contribution is 7.92. The van der Waals surface area contributed by atoms with E-state index in [1.54, 1.807) is 0 Å². The van der Waals surface area contributed by atoms with E-state index in [-0.39, 0.29) is 10.6 Å². The van der Waals surface area contributed by atoms with E-state index in [0.717, 1.165) is 24.3 Å². The van der Waals surface area contributed by atoms with Gasteiger partial charge >= 0.3 is 6.18 Å². The largest absolute Gasteiger partial charge is 0.416 e. The van der Waals surface area contributed by atoms with Crippen LogP contribution in [-0.4, -0.2) is 8.42 Å². The van der Waals surface area contributed by atoms with Gasteiger partial charge in [-0.2, -0.15) is 13.2 Å². The van der Waals surface area contributed by atoms with Gasteiger partial charge in [-0.05, 0) is 48.5 Å². The predicted octanol–water partition coefficient (Wildman–Crippen LogP) is 4.16. The molecule has 0 radical (unpaired) electrons. The summed E-state index contributed by atoms with van der Waals surface area (Å²) in [7, 11) is -3.95. The van der Waals surface area contributed by atoms with E-state index in [9.17, 15) is 21.6 Å². The van der Waals surface area contributed by atoms with Crippen molar-refractivity contribution >= 4 is 27.3 Å². The Kier molecular flexibility index (Phi) is 4.15. The molecule has 0 aliphatic rings. The van der Waals surface area contributed by atoms with Gasteiger partial charge in [0.2, 0.25) is 0 Å². The van der Waals surface area contributed by atoms with Crippen LogP contribution in [0, 0.1) is 0 Å². The Morgan fingerprint density at radius 2 is 1.43 bits per heavy atom. The molecule has 0 aromatic heterocycles. The maximum Gasteiger partial charge on any atom is 0.416 e. The highest BCUT2D eigenvalue weighted by Gasteiger charge is 2.30. The van der Waals surface area contributed by atoms with Gasteiger partial charge in [0.1, 0.15) is 0 Å². The third-order valence-electron chi connectivity index (χ3n) is 2.59. The van der Waals surface area contributed by atoms with E-state index >= 15 is 0 Å². The molecule has 0 unspecified atom stereocenters. The van der Waals surface area contributed by atoms with Crippen LogP contribution in [0.15, 0.2) is 53.4 Å². The van der Waals surface area contributed by atoms with Crippen molar-refractivity contribution in [3.05, 3.63) is 59.1 Å². The Labute approximate surface area is 124 Å². The molecule has 1 N–H and O–H groups in total. The summed E-state index contributed by atoms with van der Waals surface area (Å²) in [6.45, 7) is 0. The van der Waals surface area contributed by atoms with E-state index < -0.39 is 21.8 Å². The Morgan fingerprint density at radius 3 is 1.90 bits per heavy atom. The molecule has 3 nitrogen and oxygen atoms in total. The molecule has 2 rings (SSSR count). The lowest BCUT2D eigenvalue weighted by molar-refractivity contribution is -0.137. The third-order valence-corrected chi connectivity index (χ3v) is 4.24. The lowest BCUT2D eigenvalue weighted by Gasteiger charge is -2.10. The molecule has 0 aliphatic heterocycles. The van der Waals surface area contributed by atoms with Crippen molar-refractivity contribution < 1.29 is 21.6 Å². The van der Waals surface area contributed by atoms with Crippen LogP contribution >= 0.6 is 11.6 Å². The fraction of sp³-hybridized carbons (Fsp3) is 0.0769. The lowest BCUT2D eigenvalue weighted by Crippen LogP contribution is -2.13. The van der Waals surface area contributed by atoms with Crippen molar-refractivity contribution in [1.29, 1.82) is 0 Å². The zero-order valence-electron chi connectivity index (χ0n) is 10.4. The number of anilines is 1. The third kappa shape index (κ3) is 3.89. The van der Waals surface area contributed by atoms with Gasteiger partial charge in [-0.15, -0.1) is 0 Å². The molecular weight excluding hydrogens is 327 g/mol. The van der Waals surface area contributed by atoms with Crippen molar-refractivity contribution in [3.8, 4) is 0 Å². The summed E-state index contributed by atoms with van der Waals surface area (Å²) in [5.74, 6) is 0. The van der Waals surface area contributed by atoms with E-state index in [2.05, 4.69) is 4.72 Å². The van der Waals surface area contributed by atoms with Gasteiger partial charge in [0.25, 0.3) is 10.0 Å². The first-order valence-electron chi connectivity index (χ1n) is 5.64. The van der Waals surface area contributed by atoms with Crippen LogP contribution < -0.4 is 4.72 Å². The molecule has 8 heteroatoms. The zero-order valence-corrected chi connectivity index (χ0v) is 11.9. The standard InChI is InChI=1S/C13H9ClF3NO2S/c14-10-3-5-11(6-4-10)18-21(19,20)12-7-1-9(2-8-12)13(15,16)17/h1-8,18H. The number of hydrogen-bond acceptors (Lipinski definition) is 2. The molecule has 0 saturated carbocycles. The summed E-state index contributed by atoms with van der Waals surface area (Å²) in [4.78, 5) is -0.259. The molecule has 0 bridgehead atoms. The SMILES string of the molecule is O=S(=O)(Nc1ccc(Cl)cc1)c1ccc(C(F)(F)F)cc1. The highest BCUT2D eigenvalue weighted by atomic mass is 35.5. The summed E-state index contributed by atoms with van der Waals surface area (Å²) < 4.78 is 63.6. The van der Waals surface area contributed by atoms with Gasteiger partial charge in [-0.1, -0.05) is 11.6 Å². The molecule has 21 heavy (non-hydrogen) atoms. The van der Waals surface area contributed by atoms with Gasteiger partial charge in [-0.3, -0.25) is 4.72 Å². The number of sulfonamides is 1. The number of hydrogen-bond donors (Lipinski definition) is 1. The minimum absolute atomic E-state index is 0.259. The normalized spacial score (nSPS) is 12.2. The molecule has 0 fully saturated rings.